The lowest BCUT2D eigenvalue weighted by molar-refractivity contribution is -0.384. The van der Waals surface area contributed by atoms with E-state index in [2.05, 4.69) is 5.32 Å². The van der Waals surface area contributed by atoms with Gasteiger partial charge in [0.1, 0.15) is 18.6 Å². The Morgan fingerprint density at radius 3 is 1.73 bits per heavy atom. The van der Waals surface area contributed by atoms with Gasteiger partial charge in [-0.05, 0) is 45.6 Å². The van der Waals surface area contributed by atoms with E-state index in [4.69, 9.17) is 9.47 Å². The number of amides is 2. The van der Waals surface area contributed by atoms with Gasteiger partial charge in [-0.15, -0.1) is 0 Å². The van der Waals surface area contributed by atoms with E-state index in [9.17, 15) is 29.3 Å². The number of nitrogens with one attached hydrogen (secondary N) is 1. The van der Waals surface area contributed by atoms with Crippen molar-refractivity contribution in [1.82, 2.24) is 10.2 Å². The summed E-state index contributed by atoms with van der Waals surface area (Å²) in [5.41, 5.74) is 1.41. The molecule has 1 atom stereocenters. The van der Waals surface area contributed by atoms with E-state index in [1.54, 1.807) is 0 Å². The van der Waals surface area contributed by atoms with Gasteiger partial charge in [-0.1, -0.05) is 133 Å². The molecule has 11 nitrogen and oxygen atoms in total. The number of esters is 1. The molecule has 13 heteroatoms. The van der Waals surface area contributed by atoms with E-state index in [1.165, 1.54) is 29.2 Å². The number of hydrogen-bond donors (Lipinski definition) is 1. The van der Waals surface area contributed by atoms with Crippen molar-refractivity contribution < 1.29 is 33.6 Å². The number of benzene rings is 5. The molecule has 5 aromatic carbocycles. The Morgan fingerprint density at radius 1 is 0.727 bits per heavy atom. The Morgan fingerprint density at radius 2 is 1.22 bits per heavy atom. The Labute approximate surface area is 322 Å². The number of hydrogen-bond acceptors (Lipinski definition) is 9. The zero-order valence-corrected chi connectivity index (χ0v) is 31.4. The fraction of sp³-hybridized carbons (Fsp3) is 0.167. The first-order valence-corrected chi connectivity index (χ1v) is 20.2. The molecule has 0 unspecified atom stereocenters. The van der Waals surface area contributed by atoms with Crippen LogP contribution in [0.5, 0.6) is 0 Å². The predicted octanol–water partition coefficient (Wildman–Crippen LogP) is 6.29. The number of alkyl carbamates (subject to hydrolysis) is 1. The van der Waals surface area contributed by atoms with Crippen molar-refractivity contribution in [2.45, 2.75) is 37.9 Å². The van der Waals surface area contributed by atoms with Crippen LogP contribution in [0, 0.1) is 10.1 Å². The van der Waals surface area contributed by atoms with Crippen LogP contribution in [0.2, 0.25) is 0 Å². The fourth-order valence-electron chi connectivity index (χ4n) is 6.24. The number of nitro benzene ring substituents is 1. The maximum Gasteiger partial charge on any atom is 0.407 e. The highest BCUT2D eigenvalue weighted by Crippen LogP contribution is 2.49. The quantitative estimate of drug-likeness (QED) is 0.0324. The monoisotopic (exact) mass is 775 g/mol. The molecule has 280 valence electrons. The standard InChI is InChI=1S/C42H38N3O8PS/c46-37-28-38(55-39(47)22-13-27-43-42(49)53-30-31-14-5-1-6-15-31)44(37)40(41(48)52-29-32-23-25-33(26-24-32)45(50)51)54(34-16-7-2-8-17-34,35-18-9-3-10-19-35)36-20-11-4-12-21-36/h1-12,14-21,23-26,38H,13,22,27-30H2,(H,43,49)/t38-/m1/s1. The second kappa shape index (κ2) is 18.4. The van der Waals surface area contributed by atoms with Gasteiger partial charge in [-0.2, -0.15) is 0 Å². The zero-order chi connectivity index (χ0) is 38.6. The highest BCUT2D eigenvalue weighted by atomic mass is 32.2. The lowest BCUT2D eigenvalue weighted by atomic mass is 10.2. The number of non-ortho nitro benzene ring substituents is 1. The van der Waals surface area contributed by atoms with E-state index in [-0.39, 0.29) is 54.7 Å². The van der Waals surface area contributed by atoms with Gasteiger partial charge in [-0.3, -0.25) is 24.6 Å². The van der Waals surface area contributed by atoms with E-state index in [0.29, 0.717) is 12.0 Å². The number of carbonyl (C=O) groups is 4. The van der Waals surface area contributed by atoms with Crippen molar-refractivity contribution in [3.8, 4) is 0 Å². The lowest BCUT2D eigenvalue weighted by Crippen LogP contribution is -2.58. The summed E-state index contributed by atoms with van der Waals surface area (Å²) in [6, 6.07) is 43.6. The Hall–Kier alpha value is -5.97. The summed E-state index contributed by atoms with van der Waals surface area (Å²) in [5.74, 6) is -1.07. The highest BCUT2D eigenvalue weighted by molar-refractivity contribution is 8.14. The van der Waals surface area contributed by atoms with E-state index in [0.717, 1.165) is 33.2 Å². The molecule has 1 saturated heterocycles. The summed E-state index contributed by atoms with van der Waals surface area (Å²) in [7, 11) is 0. The number of thioether (sulfide) groups is 1. The van der Waals surface area contributed by atoms with Crippen molar-refractivity contribution in [2.24, 2.45) is 0 Å². The average Bonchev–Trinajstić information content (AvgIpc) is 3.22. The molecule has 0 bridgehead atoms. The van der Waals surface area contributed by atoms with Crippen LogP contribution >= 0.6 is 18.6 Å². The van der Waals surface area contributed by atoms with Gasteiger partial charge >= 0.3 is 12.1 Å². The van der Waals surface area contributed by atoms with Crippen molar-refractivity contribution in [1.29, 1.82) is 0 Å². The number of nitrogens with zero attached hydrogens (tertiary/aromatic N) is 2. The minimum atomic E-state index is -3.20. The van der Waals surface area contributed by atoms with Crippen molar-refractivity contribution in [3.05, 3.63) is 167 Å². The molecule has 2 amide bonds. The molecule has 0 saturated carbocycles. The van der Waals surface area contributed by atoms with Crippen LogP contribution < -0.4 is 21.2 Å². The van der Waals surface area contributed by atoms with Crippen molar-refractivity contribution in [3.63, 3.8) is 0 Å². The highest BCUT2D eigenvalue weighted by Gasteiger charge is 2.48. The minimum absolute atomic E-state index is 0.0258. The van der Waals surface area contributed by atoms with Crippen LogP contribution in [0.4, 0.5) is 10.5 Å². The SMILES string of the molecule is O=C(NCCCC(=O)S[C@@H]1CC(=O)N1C(C(=O)OCc1ccc([N+](=O)[O-])cc1)=P(c1ccccc1)(c1ccccc1)c1ccccc1)OCc1ccccc1. The summed E-state index contributed by atoms with van der Waals surface area (Å²) >= 11 is 0.978. The molecule has 0 spiro atoms. The van der Waals surface area contributed by atoms with E-state index < -0.39 is 29.2 Å². The number of β-lactam (4-membered cyclic amide) rings is 1. The molecule has 5 aromatic rings. The molecule has 55 heavy (non-hydrogen) atoms. The zero-order valence-electron chi connectivity index (χ0n) is 29.7. The maximum absolute atomic E-state index is 14.8. The summed E-state index contributed by atoms with van der Waals surface area (Å²) in [6.45, 7) is -3.07. The predicted molar refractivity (Wildman–Crippen MR) is 215 cm³/mol. The first kappa shape index (κ1) is 38.7. The van der Waals surface area contributed by atoms with Crippen LogP contribution in [0.15, 0.2) is 146 Å². The molecule has 1 N–H and O–H groups in total. The minimum Gasteiger partial charge on any atom is -0.456 e. The van der Waals surface area contributed by atoms with Gasteiger partial charge in [0.15, 0.2) is 5.12 Å². The van der Waals surface area contributed by atoms with Crippen molar-refractivity contribution in [2.75, 3.05) is 6.54 Å². The number of carbonyl (C=O) groups excluding carboxylic acids is 4. The summed E-state index contributed by atoms with van der Waals surface area (Å²) in [5, 5.41) is 15.4. The number of rotatable bonds is 15. The smallest absolute Gasteiger partial charge is 0.407 e. The lowest BCUT2D eigenvalue weighted by Gasteiger charge is -2.44. The van der Waals surface area contributed by atoms with Crippen LogP contribution in [0.1, 0.15) is 30.4 Å². The Balaban J connectivity index is 1.32. The molecule has 0 aromatic heterocycles. The van der Waals surface area contributed by atoms with Gasteiger partial charge in [0.2, 0.25) is 5.91 Å². The third kappa shape index (κ3) is 9.23. The van der Waals surface area contributed by atoms with Crippen LogP contribution in [-0.2, 0) is 37.1 Å². The molecule has 1 fully saturated rings. The summed E-state index contributed by atoms with van der Waals surface area (Å²) in [6.07, 6.45) is -0.110. The normalized spacial score (nSPS) is 13.6. The number of nitro groups is 1. The van der Waals surface area contributed by atoms with Gasteiger partial charge < -0.3 is 14.8 Å². The Kier molecular flexibility index (Phi) is 12.9. The second-order valence-corrected chi connectivity index (χ2v) is 17.1. The molecule has 0 aliphatic carbocycles. The third-order valence-electron chi connectivity index (χ3n) is 8.89. The van der Waals surface area contributed by atoms with Gasteiger partial charge in [0.05, 0.1) is 16.7 Å². The van der Waals surface area contributed by atoms with E-state index >= 15 is 0 Å². The van der Waals surface area contributed by atoms with Gasteiger partial charge in [0, 0.05) is 32.0 Å². The number of likely N-dealkylation sites (tertiary alicyclic amines) is 1. The largest absolute Gasteiger partial charge is 0.456 e. The average molecular weight is 776 g/mol. The third-order valence-corrected chi connectivity index (χ3v) is 14.3. The first-order valence-electron chi connectivity index (χ1n) is 17.6. The molecule has 0 radical (unpaired) electrons. The number of ether oxygens (including phenoxy) is 2. The maximum atomic E-state index is 14.8. The second-order valence-electron chi connectivity index (χ2n) is 12.5. The molecule has 6 rings (SSSR count). The molecular weight excluding hydrogens is 738 g/mol. The van der Waals surface area contributed by atoms with Crippen LogP contribution in [0.25, 0.3) is 0 Å². The topological polar surface area (TPSA) is 145 Å². The van der Waals surface area contributed by atoms with Gasteiger partial charge in [-0.25, -0.2) is 9.59 Å². The van der Waals surface area contributed by atoms with Crippen LogP contribution in [-0.4, -0.2) is 50.2 Å². The van der Waals surface area contributed by atoms with Crippen LogP contribution in [0.3, 0.4) is 0 Å². The van der Waals surface area contributed by atoms with Crippen molar-refractivity contribution >= 4 is 68.8 Å². The molecule has 1 heterocycles. The first-order chi connectivity index (χ1) is 26.8. The summed E-state index contributed by atoms with van der Waals surface area (Å²) < 4.78 is 11.3. The fourth-order valence-corrected chi connectivity index (χ4v) is 11.8. The Bertz CT molecular complexity index is 2090. The molecular formula is C42H38N3O8PS. The summed E-state index contributed by atoms with van der Waals surface area (Å²) in [4.78, 5) is 66.4. The van der Waals surface area contributed by atoms with E-state index in [1.807, 2.05) is 121 Å². The molecule has 1 aliphatic heterocycles. The molecule has 1 aliphatic rings. The van der Waals surface area contributed by atoms with Gasteiger partial charge in [0.25, 0.3) is 5.69 Å².